The summed E-state index contributed by atoms with van der Waals surface area (Å²) >= 11 is 0. The number of methoxy groups -OCH3 is 1. The third-order valence-electron chi connectivity index (χ3n) is 3.71. The largest absolute Gasteiger partial charge is 0.463 e. The van der Waals surface area contributed by atoms with Crippen molar-refractivity contribution in [2.24, 2.45) is 0 Å². The van der Waals surface area contributed by atoms with Crippen molar-refractivity contribution in [2.45, 2.75) is 51.1 Å². The Kier molecular flexibility index (Phi) is 4.28. The van der Waals surface area contributed by atoms with E-state index in [4.69, 9.17) is 18.9 Å². The predicted molar refractivity (Wildman–Crippen MR) is 75.7 cm³/mol. The summed E-state index contributed by atoms with van der Waals surface area (Å²) in [6.07, 6.45) is -0.737. The second-order valence-corrected chi connectivity index (χ2v) is 5.97. The topological polar surface area (TPSA) is 111 Å². The van der Waals surface area contributed by atoms with Gasteiger partial charge >= 0.3 is 11.9 Å². The Balaban J connectivity index is 1.81. The Morgan fingerprint density at radius 3 is 2.71 bits per heavy atom. The van der Waals surface area contributed by atoms with Crippen LogP contribution >= 0.6 is 0 Å². The molecule has 1 unspecified atom stereocenters. The van der Waals surface area contributed by atoms with Gasteiger partial charge in [0, 0.05) is 6.92 Å². The molecule has 2 aliphatic rings. The first kappa shape index (κ1) is 16.8. The van der Waals surface area contributed by atoms with Crippen LogP contribution in [0.1, 0.15) is 37.6 Å². The average Bonchev–Trinajstić information content (AvgIpc) is 3.17. The lowest BCUT2D eigenvalue weighted by molar-refractivity contribution is -0.203. The lowest BCUT2D eigenvalue weighted by Gasteiger charge is -2.23. The molecular weight excluding hydrogens is 322 g/mol. The molecule has 10 nitrogen and oxygen atoms in total. The van der Waals surface area contributed by atoms with Crippen molar-refractivity contribution >= 4 is 11.9 Å². The maximum atomic E-state index is 11.5. The summed E-state index contributed by atoms with van der Waals surface area (Å²) in [6.45, 7) is 4.92. The van der Waals surface area contributed by atoms with Crippen LogP contribution in [-0.2, 0) is 28.5 Å². The SMILES string of the molecule is COC(=O)c1ncn(C2O[C@@H](COC(C)=O)[C@H]3OC(C)(C)O[C@@H]23)n1. The van der Waals surface area contributed by atoms with Crippen molar-refractivity contribution in [3.8, 4) is 0 Å². The highest BCUT2D eigenvalue weighted by Crippen LogP contribution is 2.42. The molecule has 0 aromatic carbocycles. The van der Waals surface area contributed by atoms with Crippen LogP contribution in [0.3, 0.4) is 0 Å². The summed E-state index contributed by atoms with van der Waals surface area (Å²) < 4.78 is 28.6. The van der Waals surface area contributed by atoms with Gasteiger partial charge in [-0.1, -0.05) is 0 Å². The molecule has 3 heterocycles. The van der Waals surface area contributed by atoms with Crippen molar-refractivity contribution in [1.82, 2.24) is 14.8 Å². The quantitative estimate of drug-likeness (QED) is 0.701. The van der Waals surface area contributed by atoms with Crippen LogP contribution < -0.4 is 0 Å². The number of carbonyl (C=O) groups excluding carboxylic acids is 2. The number of esters is 2. The highest BCUT2D eigenvalue weighted by atomic mass is 16.8. The van der Waals surface area contributed by atoms with Crippen molar-refractivity contribution in [1.29, 1.82) is 0 Å². The van der Waals surface area contributed by atoms with Gasteiger partial charge in [0.2, 0.25) is 0 Å². The molecule has 0 radical (unpaired) electrons. The fourth-order valence-corrected chi connectivity index (χ4v) is 2.79. The zero-order valence-corrected chi connectivity index (χ0v) is 13.8. The van der Waals surface area contributed by atoms with Gasteiger partial charge < -0.3 is 23.7 Å². The predicted octanol–water partition coefficient (Wildman–Crippen LogP) is 0.0453. The molecule has 2 aliphatic heterocycles. The molecule has 2 fully saturated rings. The van der Waals surface area contributed by atoms with Crippen LogP contribution in [0.2, 0.25) is 0 Å². The van der Waals surface area contributed by atoms with E-state index in [1.165, 1.54) is 25.0 Å². The Hall–Kier alpha value is -2.04. The van der Waals surface area contributed by atoms with Crippen LogP contribution in [-0.4, -0.2) is 64.5 Å². The van der Waals surface area contributed by atoms with E-state index >= 15 is 0 Å². The summed E-state index contributed by atoms with van der Waals surface area (Å²) in [7, 11) is 1.25. The zero-order valence-electron chi connectivity index (χ0n) is 13.8. The van der Waals surface area contributed by atoms with E-state index < -0.39 is 42.3 Å². The fraction of sp³-hybridized carbons (Fsp3) is 0.714. The number of ether oxygens (including phenoxy) is 5. The van der Waals surface area contributed by atoms with Gasteiger partial charge in [0.25, 0.3) is 5.82 Å². The van der Waals surface area contributed by atoms with Gasteiger partial charge in [0.1, 0.15) is 31.2 Å². The van der Waals surface area contributed by atoms with E-state index in [1.54, 1.807) is 13.8 Å². The van der Waals surface area contributed by atoms with E-state index in [0.29, 0.717) is 0 Å². The molecule has 2 saturated heterocycles. The molecule has 10 heteroatoms. The summed E-state index contributed by atoms with van der Waals surface area (Å²) in [5.41, 5.74) is 0. The lowest BCUT2D eigenvalue weighted by Crippen LogP contribution is -2.33. The normalized spacial score (nSPS) is 30.8. The van der Waals surface area contributed by atoms with Crippen molar-refractivity contribution in [3.05, 3.63) is 12.2 Å². The molecular formula is C14H19N3O7. The molecule has 0 aliphatic carbocycles. The molecule has 0 amide bonds. The smallest absolute Gasteiger partial charge is 0.377 e. The molecule has 0 N–H and O–H groups in total. The molecule has 1 aromatic rings. The average molecular weight is 341 g/mol. The number of aromatic nitrogens is 3. The second kappa shape index (κ2) is 6.11. The number of hydrogen-bond acceptors (Lipinski definition) is 9. The van der Waals surface area contributed by atoms with Gasteiger partial charge in [0.05, 0.1) is 7.11 Å². The molecule has 0 spiro atoms. The highest BCUT2D eigenvalue weighted by molar-refractivity contribution is 5.84. The molecule has 4 atom stereocenters. The highest BCUT2D eigenvalue weighted by Gasteiger charge is 2.56. The van der Waals surface area contributed by atoms with Gasteiger partial charge in [-0.3, -0.25) is 4.79 Å². The molecule has 0 bridgehead atoms. The Bertz CT molecular complexity index is 644. The summed E-state index contributed by atoms with van der Waals surface area (Å²) in [6, 6.07) is 0. The summed E-state index contributed by atoms with van der Waals surface area (Å²) in [5, 5.41) is 4.06. The van der Waals surface area contributed by atoms with Crippen LogP contribution in [0.4, 0.5) is 0 Å². The number of fused-ring (bicyclic) bond motifs is 1. The minimum Gasteiger partial charge on any atom is -0.463 e. The summed E-state index contributed by atoms with van der Waals surface area (Å²) in [4.78, 5) is 26.5. The monoisotopic (exact) mass is 341 g/mol. The fourth-order valence-electron chi connectivity index (χ4n) is 2.79. The van der Waals surface area contributed by atoms with Crippen LogP contribution in [0, 0.1) is 0 Å². The van der Waals surface area contributed by atoms with Gasteiger partial charge in [0.15, 0.2) is 12.0 Å². The first-order chi connectivity index (χ1) is 11.3. The number of hydrogen-bond donors (Lipinski definition) is 0. The van der Waals surface area contributed by atoms with Crippen LogP contribution in [0.25, 0.3) is 0 Å². The van der Waals surface area contributed by atoms with Crippen molar-refractivity contribution in [2.75, 3.05) is 13.7 Å². The van der Waals surface area contributed by atoms with E-state index in [1.807, 2.05) is 0 Å². The first-order valence-corrected chi connectivity index (χ1v) is 7.44. The summed E-state index contributed by atoms with van der Waals surface area (Å²) in [5.74, 6) is -1.95. The minimum atomic E-state index is -0.808. The van der Waals surface area contributed by atoms with E-state index in [2.05, 4.69) is 14.8 Å². The maximum Gasteiger partial charge on any atom is 0.377 e. The Morgan fingerprint density at radius 2 is 2.04 bits per heavy atom. The molecule has 0 saturated carbocycles. The Morgan fingerprint density at radius 1 is 1.33 bits per heavy atom. The Labute approximate surface area is 138 Å². The van der Waals surface area contributed by atoms with E-state index in [-0.39, 0.29) is 12.4 Å². The number of carbonyl (C=O) groups is 2. The van der Waals surface area contributed by atoms with Gasteiger partial charge in [-0.05, 0) is 13.8 Å². The van der Waals surface area contributed by atoms with Crippen molar-refractivity contribution < 1.29 is 33.3 Å². The maximum absolute atomic E-state index is 11.5. The first-order valence-electron chi connectivity index (χ1n) is 7.44. The lowest BCUT2D eigenvalue weighted by atomic mass is 10.1. The molecule has 3 rings (SSSR count). The van der Waals surface area contributed by atoms with Gasteiger partial charge in [-0.2, -0.15) is 0 Å². The zero-order chi connectivity index (χ0) is 17.5. The standard InChI is InChI=1S/C14H19N3O7/c1-7(18)21-5-8-9-10(24-14(2,3)23-9)12(22-8)17-6-15-11(16-17)13(19)20-4/h6,8-10,12H,5H2,1-4H3/t8-,9+,10+,12?/m0/s1. The number of rotatable bonds is 4. The molecule has 1 aromatic heterocycles. The molecule has 132 valence electrons. The van der Waals surface area contributed by atoms with Crippen LogP contribution in [0.15, 0.2) is 6.33 Å². The third kappa shape index (κ3) is 3.12. The molecule has 24 heavy (non-hydrogen) atoms. The van der Waals surface area contributed by atoms with Crippen molar-refractivity contribution in [3.63, 3.8) is 0 Å². The van der Waals surface area contributed by atoms with Crippen LogP contribution in [0.5, 0.6) is 0 Å². The van der Waals surface area contributed by atoms with E-state index in [0.717, 1.165) is 0 Å². The second-order valence-electron chi connectivity index (χ2n) is 5.97. The van der Waals surface area contributed by atoms with Gasteiger partial charge in [-0.25, -0.2) is 14.5 Å². The van der Waals surface area contributed by atoms with Gasteiger partial charge in [-0.15, -0.1) is 5.10 Å². The minimum absolute atomic E-state index is 0.0327. The third-order valence-corrected chi connectivity index (χ3v) is 3.71. The van der Waals surface area contributed by atoms with E-state index in [9.17, 15) is 9.59 Å². The number of nitrogens with zero attached hydrogens (tertiary/aromatic N) is 3.